The van der Waals surface area contributed by atoms with Crippen molar-refractivity contribution in [2.75, 3.05) is 0 Å². The molecule has 1 heterocycles. The first-order valence-electron chi connectivity index (χ1n) is 7.23. The van der Waals surface area contributed by atoms with E-state index < -0.39 is 0 Å². The summed E-state index contributed by atoms with van der Waals surface area (Å²) in [6.07, 6.45) is 3.37. The van der Waals surface area contributed by atoms with E-state index in [0.717, 1.165) is 23.4 Å². The molecule has 0 saturated carbocycles. The molecule has 0 spiro atoms. The molecule has 0 saturated heterocycles. The molecule has 1 aliphatic rings. The van der Waals surface area contributed by atoms with Gasteiger partial charge in [0.15, 0.2) is 0 Å². The van der Waals surface area contributed by atoms with Crippen molar-refractivity contribution in [3.63, 3.8) is 0 Å². The van der Waals surface area contributed by atoms with Crippen LogP contribution in [0.4, 0.5) is 4.39 Å². The summed E-state index contributed by atoms with van der Waals surface area (Å²) in [6, 6.07) is 4.86. The van der Waals surface area contributed by atoms with Gasteiger partial charge in [0.05, 0.1) is 11.7 Å². The lowest BCUT2D eigenvalue weighted by Crippen LogP contribution is -2.29. The number of hydrogen-bond donors (Lipinski definition) is 1. The van der Waals surface area contributed by atoms with E-state index in [2.05, 4.69) is 19.2 Å². The number of aryl methyl sites for hydroxylation is 2. The number of rotatable bonds is 4. The zero-order valence-corrected chi connectivity index (χ0v) is 13.7. The molecule has 112 valence electrons. The van der Waals surface area contributed by atoms with Crippen molar-refractivity contribution >= 4 is 22.9 Å². The van der Waals surface area contributed by atoms with Crippen LogP contribution in [-0.4, -0.2) is 11.0 Å². The first-order valence-corrected chi connectivity index (χ1v) is 8.43. The molecule has 2 nitrogen and oxygen atoms in total. The number of nitrogens with one attached hydrogen (secondary N) is 1. The Morgan fingerprint density at radius 3 is 2.76 bits per heavy atom. The van der Waals surface area contributed by atoms with Crippen LogP contribution >= 0.6 is 22.9 Å². The van der Waals surface area contributed by atoms with Crippen LogP contribution in [0, 0.1) is 5.82 Å². The number of thiazole rings is 1. The van der Waals surface area contributed by atoms with E-state index in [-0.39, 0.29) is 17.9 Å². The van der Waals surface area contributed by atoms with Gasteiger partial charge in [-0.1, -0.05) is 11.6 Å². The SMILES string of the molecule is CC(C)NC(c1cc(F)cc(Cl)c1)c1nc2c(s1)CCC2. The summed E-state index contributed by atoms with van der Waals surface area (Å²) in [7, 11) is 0. The summed E-state index contributed by atoms with van der Waals surface area (Å²) < 4.78 is 13.7. The number of benzene rings is 1. The molecule has 0 amide bonds. The third-order valence-corrected chi connectivity index (χ3v) is 5.02. The van der Waals surface area contributed by atoms with E-state index in [0.29, 0.717) is 5.02 Å². The van der Waals surface area contributed by atoms with Gasteiger partial charge < -0.3 is 5.32 Å². The predicted octanol–water partition coefficient (Wildman–Crippen LogP) is 4.51. The molecular formula is C16H18ClFN2S. The molecule has 5 heteroatoms. The molecule has 21 heavy (non-hydrogen) atoms. The van der Waals surface area contributed by atoms with Gasteiger partial charge in [-0.05, 0) is 56.9 Å². The molecular weight excluding hydrogens is 307 g/mol. The van der Waals surface area contributed by atoms with Crippen LogP contribution in [-0.2, 0) is 12.8 Å². The molecule has 1 atom stereocenters. The molecule has 1 N–H and O–H groups in total. The summed E-state index contributed by atoms with van der Waals surface area (Å²) in [4.78, 5) is 6.15. The first-order chi connectivity index (χ1) is 10.0. The van der Waals surface area contributed by atoms with Crippen molar-refractivity contribution in [1.82, 2.24) is 10.3 Å². The zero-order chi connectivity index (χ0) is 15.0. The van der Waals surface area contributed by atoms with Crippen molar-refractivity contribution < 1.29 is 4.39 Å². The Morgan fingerprint density at radius 1 is 1.29 bits per heavy atom. The molecule has 1 aromatic carbocycles. The quantitative estimate of drug-likeness (QED) is 0.895. The van der Waals surface area contributed by atoms with E-state index in [1.807, 2.05) is 6.07 Å². The Hall–Kier alpha value is -0.970. The van der Waals surface area contributed by atoms with E-state index in [4.69, 9.17) is 16.6 Å². The summed E-state index contributed by atoms with van der Waals surface area (Å²) in [5.41, 5.74) is 2.05. The average molecular weight is 325 g/mol. The Bertz CT molecular complexity index is 612. The minimum atomic E-state index is -0.308. The summed E-state index contributed by atoms with van der Waals surface area (Å²) in [5, 5.41) is 4.91. The highest BCUT2D eigenvalue weighted by molar-refractivity contribution is 7.11. The summed E-state index contributed by atoms with van der Waals surface area (Å²) in [6.45, 7) is 4.16. The van der Waals surface area contributed by atoms with Gasteiger partial charge in [-0.2, -0.15) is 0 Å². The third kappa shape index (κ3) is 3.28. The van der Waals surface area contributed by atoms with E-state index >= 15 is 0 Å². The predicted molar refractivity (Wildman–Crippen MR) is 85.7 cm³/mol. The van der Waals surface area contributed by atoms with Gasteiger partial charge in [-0.3, -0.25) is 0 Å². The zero-order valence-electron chi connectivity index (χ0n) is 12.1. The highest BCUT2D eigenvalue weighted by atomic mass is 35.5. The van der Waals surface area contributed by atoms with E-state index in [1.165, 1.54) is 23.1 Å². The Morgan fingerprint density at radius 2 is 2.10 bits per heavy atom. The van der Waals surface area contributed by atoms with Crippen LogP contribution in [0.15, 0.2) is 18.2 Å². The van der Waals surface area contributed by atoms with Gasteiger partial charge in [-0.25, -0.2) is 9.37 Å². The van der Waals surface area contributed by atoms with Crippen molar-refractivity contribution in [3.8, 4) is 0 Å². The van der Waals surface area contributed by atoms with E-state index in [9.17, 15) is 4.39 Å². The monoisotopic (exact) mass is 324 g/mol. The van der Waals surface area contributed by atoms with Crippen molar-refractivity contribution in [2.24, 2.45) is 0 Å². The Labute approximate surface area is 133 Å². The molecule has 0 aliphatic heterocycles. The minimum Gasteiger partial charge on any atom is -0.302 e. The maximum Gasteiger partial charge on any atom is 0.125 e. The number of fused-ring (bicyclic) bond motifs is 1. The van der Waals surface area contributed by atoms with Crippen molar-refractivity contribution in [2.45, 2.75) is 45.2 Å². The third-order valence-electron chi connectivity index (χ3n) is 3.58. The highest BCUT2D eigenvalue weighted by Gasteiger charge is 2.24. The van der Waals surface area contributed by atoms with Crippen LogP contribution in [0.5, 0.6) is 0 Å². The number of hydrogen-bond acceptors (Lipinski definition) is 3. The topological polar surface area (TPSA) is 24.9 Å². The molecule has 1 aromatic heterocycles. The first kappa shape index (κ1) is 14.9. The lowest BCUT2D eigenvalue weighted by atomic mass is 10.1. The van der Waals surface area contributed by atoms with Crippen LogP contribution in [0.25, 0.3) is 0 Å². The molecule has 0 bridgehead atoms. The van der Waals surface area contributed by atoms with Crippen LogP contribution in [0.1, 0.15) is 47.5 Å². The van der Waals surface area contributed by atoms with E-state index in [1.54, 1.807) is 17.4 Å². The molecule has 0 radical (unpaired) electrons. The number of aromatic nitrogens is 1. The molecule has 1 aliphatic carbocycles. The van der Waals surface area contributed by atoms with Gasteiger partial charge in [-0.15, -0.1) is 11.3 Å². The van der Waals surface area contributed by atoms with Crippen molar-refractivity contribution in [3.05, 3.63) is 50.2 Å². The maximum atomic E-state index is 13.7. The van der Waals surface area contributed by atoms with Crippen molar-refractivity contribution in [1.29, 1.82) is 0 Å². The second kappa shape index (κ2) is 6.03. The molecule has 2 aromatic rings. The molecule has 3 rings (SSSR count). The average Bonchev–Trinajstić information content (AvgIpc) is 2.94. The normalized spacial score (nSPS) is 15.5. The fourth-order valence-electron chi connectivity index (χ4n) is 2.72. The Balaban J connectivity index is 2.00. The van der Waals surface area contributed by atoms with Gasteiger partial charge in [0.2, 0.25) is 0 Å². The van der Waals surface area contributed by atoms with Crippen LogP contribution in [0.3, 0.4) is 0 Å². The lowest BCUT2D eigenvalue weighted by molar-refractivity contribution is 0.522. The summed E-state index contributed by atoms with van der Waals surface area (Å²) in [5.74, 6) is -0.308. The minimum absolute atomic E-state index is 0.103. The second-order valence-corrected chi connectivity index (χ2v) is 7.28. The Kier molecular flexibility index (Phi) is 4.29. The standard InChI is InChI=1S/C16H18ClFN2S/c1-9(2)19-15(10-6-11(17)8-12(18)7-10)16-20-13-4-3-5-14(13)21-16/h6-9,15,19H,3-5H2,1-2H3. The number of nitrogens with zero attached hydrogens (tertiary/aromatic N) is 1. The fraction of sp³-hybridized carbons (Fsp3) is 0.438. The van der Waals surface area contributed by atoms with Crippen LogP contribution < -0.4 is 5.32 Å². The van der Waals surface area contributed by atoms with Gasteiger partial charge in [0, 0.05) is 15.9 Å². The number of halogens is 2. The smallest absolute Gasteiger partial charge is 0.125 e. The van der Waals surface area contributed by atoms with Gasteiger partial charge in [0.25, 0.3) is 0 Å². The maximum absolute atomic E-state index is 13.7. The molecule has 1 unspecified atom stereocenters. The van der Waals surface area contributed by atoms with Crippen LogP contribution in [0.2, 0.25) is 5.02 Å². The lowest BCUT2D eigenvalue weighted by Gasteiger charge is -2.20. The van der Waals surface area contributed by atoms with Gasteiger partial charge >= 0.3 is 0 Å². The fourth-order valence-corrected chi connectivity index (χ4v) is 4.19. The molecule has 0 fully saturated rings. The second-order valence-electron chi connectivity index (χ2n) is 5.73. The highest BCUT2D eigenvalue weighted by Crippen LogP contribution is 2.34. The largest absolute Gasteiger partial charge is 0.302 e. The summed E-state index contributed by atoms with van der Waals surface area (Å²) >= 11 is 7.75. The van der Waals surface area contributed by atoms with Gasteiger partial charge in [0.1, 0.15) is 10.8 Å².